The van der Waals surface area contributed by atoms with E-state index in [-0.39, 0.29) is 12.1 Å². The Kier molecular flexibility index (Phi) is 4.99. The summed E-state index contributed by atoms with van der Waals surface area (Å²) in [4.78, 5) is 22.9. The normalized spacial score (nSPS) is 27.2. The molecule has 0 spiro atoms. The van der Waals surface area contributed by atoms with E-state index < -0.39 is 11.4 Å². The lowest BCUT2D eigenvalue weighted by Crippen LogP contribution is -2.50. The highest BCUT2D eigenvalue weighted by atomic mass is 16.4. The van der Waals surface area contributed by atoms with Crippen LogP contribution in [0.3, 0.4) is 0 Å². The number of hydrogen-bond donors (Lipinski definition) is 3. The van der Waals surface area contributed by atoms with Crippen molar-refractivity contribution < 1.29 is 14.7 Å². The molecule has 1 saturated carbocycles. The first-order chi connectivity index (χ1) is 8.36. The number of carbonyl (C=O) groups excluding carboxylic acids is 1. The van der Waals surface area contributed by atoms with E-state index in [2.05, 4.69) is 24.5 Å². The smallest absolute Gasteiger partial charge is 0.315 e. The van der Waals surface area contributed by atoms with Crippen molar-refractivity contribution in [2.24, 2.45) is 11.3 Å². The van der Waals surface area contributed by atoms with Crippen molar-refractivity contribution in [2.75, 3.05) is 6.54 Å². The van der Waals surface area contributed by atoms with Crippen LogP contribution in [0, 0.1) is 11.3 Å². The van der Waals surface area contributed by atoms with E-state index in [4.69, 9.17) is 0 Å². The Hall–Kier alpha value is -1.26. The fraction of sp³-hybridized carbons (Fsp3) is 0.846. The van der Waals surface area contributed by atoms with Gasteiger partial charge in [0.25, 0.3) is 0 Å². The van der Waals surface area contributed by atoms with Gasteiger partial charge in [0.05, 0.1) is 5.41 Å². The Labute approximate surface area is 108 Å². The number of amides is 2. The van der Waals surface area contributed by atoms with Crippen LogP contribution in [0.4, 0.5) is 4.79 Å². The second-order valence-corrected chi connectivity index (χ2v) is 5.75. The minimum atomic E-state index is -0.826. The quantitative estimate of drug-likeness (QED) is 0.703. The number of hydrogen-bond acceptors (Lipinski definition) is 2. The number of rotatable bonds is 5. The molecule has 0 aromatic carbocycles. The lowest BCUT2D eigenvalue weighted by molar-refractivity contribution is -0.148. The Morgan fingerprint density at radius 3 is 2.67 bits per heavy atom. The van der Waals surface area contributed by atoms with Gasteiger partial charge in [-0.2, -0.15) is 0 Å². The summed E-state index contributed by atoms with van der Waals surface area (Å²) in [5.41, 5.74) is -0.824. The minimum Gasteiger partial charge on any atom is -0.481 e. The fourth-order valence-electron chi connectivity index (χ4n) is 2.34. The molecule has 0 aromatic rings. The first-order valence-electron chi connectivity index (χ1n) is 6.64. The van der Waals surface area contributed by atoms with Gasteiger partial charge in [-0.05, 0) is 32.1 Å². The molecule has 1 aliphatic rings. The molecule has 0 heterocycles. The van der Waals surface area contributed by atoms with Crippen LogP contribution >= 0.6 is 0 Å². The number of urea groups is 1. The molecule has 3 N–H and O–H groups in total. The van der Waals surface area contributed by atoms with Crippen LogP contribution in [0.1, 0.15) is 46.5 Å². The van der Waals surface area contributed by atoms with Crippen molar-refractivity contribution in [2.45, 2.75) is 52.5 Å². The average molecular weight is 256 g/mol. The number of carboxylic acid groups (broad SMARTS) is 1. The average Bonchev–Trinajstić information content (AvgIpc) is 2.61. The molecule has 2 unspecified atom stereocenters. The van der Waals surface area contributed by atoms with Gasteiger partial charge in [0.15, 0.2) is 0 Å². The van der Waals surface area contributed by atoms with Crippen LogP contribution < -0.4 is 10.6 Å². The topological polar surface area (TPSA) is 78.4 Å². The highest BCUT2D eigenvalue weighted by molar-refractivity contribution is 5.79. The van der Waals surface area contributed by atoms with Crippen LogP contribution in [0.5, 0.6) is 0 Å². The Morgan fingerprint density at radius 1 is 1.44 bits per heavy atom. The van der Waals surface area contributed by atoms with E-state index in [1.165, 1.54) is 0 Å². The third-order valence-electron chi connectivity index (χ3n) is 3.76. The maximum atomic E-state index is 11.7. The molecule has 0 radical (unpaired) electrons. The molecule has 0 aromatic heterocycles. The summed E-state index contributed by atoms with van der Waals surface area (Å²) in [6.07, 6.45) is 3.13. The van der Waals surface area contributed by atoms with E-state index in [9.17, 15) is 14.7 Å². The van der Waals surface area contributed by atoms with Crippen LogP contribution in [0.25, 0.3) is 0 Å². The molecule has 0 bridgehead atoms. The largest absolute Gasteiger partial charge is 0.481 e. The first kappa shape index (κ1) is 14.8. The van der Waals surface area contributed by atoms with Crippen LogP contribution in [-0.2, 0) is 4.79 Å². The Bertz CT molecular complexity index is 317. The number of carboxylic acids is 1. The second kappa shape index (κ2) is 6.07. The third-order valence-corrected chi connectivity index (χ3v) is 3.76. The highest BCUT2D eigenvalue weighted by Gasteiger charge is 2.45. The standard InChI is InChI=1S/C13H24N2O3/c1-9(2)6-8-14-12(18)15-10-5-4-7-13(10,3)11(16)17/h9-10H,4-8H2,1-3H3,(H,16,17)(H2,14,15,18). The number of aliphatic carboxylic acids is 1. The van der Waals surface area contributed by atoms with E-state index in [1.807, 2.05) is 0 Å². The van der Waals surface area contributed by atoms with E-state index in [0.717, 1.165) is 19.3 Å². The van der Waals surface area contributed by atoms with Gasteiger partial charge in [-0.25, -0.2) is 4.79 Å². The van der Waals surface area contributed by atoms with Crippen molar-refractivity contribution >= 4 is 12.0 Å². The summed E-state index contributed by atoms with van der Waals surface area (Å²) >= 11 is 0. The Morgan fingerprint density at radius 2 is 2.11 bits per heavy atom. The van der Waals surface area contributed by atoms with Crippen LogP contribution in [0.2, 0.25) is 0 Å². The van der Waals surface area contributed by atoms with Gasteiger partial charge in [-0.15, -0.1) is 0 Å². The summed E-state index contributed by atoms with van der Waals surface area (Å²) in [6, 6.07) is -0.524. The van der Waals surface area contributed by atoms with E-state index in [1.54, 1.807) is 6.92 Å². The van der Waals surface area contributed by atoms with Crippen LogP contribution in [0.15, 0.2) is 0 Å². The van der Waals surface area contributed by atoms with Crippen LogP contribution in [-0.4, -0.2) is 29.7 Å². The summed E-state index contributed by atoms with van der Waals surface area (Å²) < 4.78 is 0. The highest BCUT2D eigenvalue weighted by Crippen LogP contribution is 2.38. The summed E-state index contributed by atoms with van der Waals surface area (Å²) in [6.45, 7) is 6.53. The predicted octanol–water partition coefficient (Wildman–Crippen LogP) is 1.98. The maximum absolute atomic E-state index is 11.7. The Balaban J connectivity index is 2.42. The van der Waals surface area contributed by atoms with Gasteiger partial charge in [0.2, 0.25) is 0 Å². The van der Waals surface area contributed by atoms with Crippen molar-refractivity contribution in [3.8, 4) is 0 Å². The van der Waals surface area contributed by atoms with E-state index >= 15 is 0 Å². The summed E-state index contributed by atoms with van der Waals surface area (Å²) in [5.74, 6) is -0.284. The fourth-order valence-corrected chi connectivity index (χ4v) is 2.34. The predicted molar refractivity (Wildman–Crippen MR) is 69.4 cm³/mol. The van der Waals surface area contributed by atoms with Gasteiger partial charge in [-0.3, -0.25) is 4.79 Å². The van der Waals surface area contributed by atoms with Gasteiger partial charge < -0.3 is 15.7 Å². The molecule has 0 aliphatic heterocycles. The van der Waals surface area contributed by atoms with Crippen molar-refractivity contribution in [3.63, 3.8) is 0 Å². The van der Waals surface area contributed by atoms with Gasteiger partial charge >= 0.3 is 12.0 Å². The molecule has 0 saturated heterocycles. The molecular formula is C13H24N2O3. The number of carbonyl (C=O) groups is 2. The lowest BCUT2D eigenvalue weighted by Gasteiger charge is -2.27. The summed E-state index contributed by atoms with van der Waals surface area (Å²) in [7, 11) is 0. The minimum absolute atomic E-state index is 0.255. The van der Waals surface area contributed by atoms with Gasteiger partial charge in [0.1, 0.15) is 0 Å². The molecule has 2 amide bonds. The molecular weight excluding hydrogens is 232 g/mol. The number of nitrogens with one attached hydrogen (secondary N) is 2. The monoisotopic (exact) mass is 256 g/mol. The molecule has 1 aliphatic carbocycles. The third kappa shape index (κ3) is 3.62. The molecule has 5 nitrogen and oxygen atoms in total. The van der Waals surface area contributed by atoms with Crippen molar-refractivity contribution in [3.05, 3.63) is 0 Å². The SMILES string of the molecule is CC(C)CCNC(=O)NC1CCCC1(C)C(=O)O. The molecule has 104 valence electrons. The van der Waals surface area contributed by atoms with E-state index in [0.29, 0.717) is 18.9 Å². The zero-order valence-electron chi connectivity index (χ0n) is 11.5. The molecule has 1 rings (SSSR count). The zero-order chi connectivity index (χ0) is 13.8. The second-order valence-electron chi connectivity index (χ2n) is 5.75. The van der Waals surface area contributed by atoms with Crippen molar-refractivity contribution in [1.82, 2.24) is 10.6 Å². The lowest BCUT2D eigenvalue weighted by atomic mass is 9.85. The molecule has 1 fully saturated rings. The molecule has 5 heteroatoms. The van der Waals surface area contributed by atoms with Gasteiger partial charge in [0, 0.05) is 12.6 Å². The summed E-state index contributed by atoms with van der Waals surface area (Å²) in [5, 5.41) is 14.8. The zero-order valence-corrected chi connectivity index (χ0v) is 11.5. The molecule has 2 atom stereocenters. The maximum Gasteiger partial charge on any atom is 0.315 e. The first-order valence-corrected chi connectivity index (χ1v) is 6.64. The van der Waals surface area contributed by atoms with Crippen molar-refractivity contribution in [1.29, 1.82) is 0 Å². The molecule has 18 heavy (non-hydrogen) atoms. The van der Waals surface area contributed by atoms with Gasteiger partial charge in [-0.1, -0.05) is 20.3 Å².